The van der Waals surface area contributed by atoms with Crippen LogP contribution < -0.4 is 0 Å². The number of hydrogen-bond acceptors (Lipinski definition) is 1. The summed E-state index contributed by atoms with van der Waals surface area (Å²) in [5, 5.41) is 0. The SMILES string of the molecule is C=CC1C(CCCCCCCCCCCC)C(C)(C)CCN1C. The van der Waals surface area contributed by atoms with Crippen molar-refractivity contribution in [2.45, 2.75) is 104 Å². The van der Waals surface area contributed by atoms with Crippen LogP contribution in [0, 0.1) is 11.3 Å². The Kier molecular flexibility index (Phi) is 10.2. The normalized spacial score (nSPS) is 24.7. The van der Waals surface area contributed by atoms with Crippen LogP contribution in [0.25, 0.3) is 0 Å². The molecule has 0 spiro atoms. The lowest BCUT2D eigenvalue weighted by atomic mass is 9.67. The van der Waals surface area contributed by atoms with E-state index in [1.165, 1.54) is 83.6 Å². The molecule has 0 saturated carbocycles. The number of piperidine rings is 1. The highest BCUT2D eigenvalue weighted by Gasteiger charge is 2.39. The summed E-state index contributed by atoms with van der Waals surface area (Å²) in [5.41, 5.74) is 0.477. The molecule has 136 valence electrons. The lowest BCUT2D eigenvalue weighted by Crippen LogP contribution is -2.49. The summed E-state index contributed by atoms with van der Waals surface area (Å²) in [6.45, 7) is 12.6. The summed E-state index contributed by atoms with van der Waals surface area (Å²) >= 11 is 0. The number of likely N-dealkylation sites (tertiary alicyclic amines) is 1. The second-order valence-corrected chi connectivity index (χ2v) is 8.52. The molecule has 2 atom stereocenters. The van der Waals surface area contributed by atoms with E-state index in [1.54, 1.807) is 0 Å². The van der Waals surface area contributed by atoms with Crippen molar-refractivity contribution in [1.29, 1.82) is 0 Å². The van der Waals surface area contributed by atoms with E-state index in [0.29, 0.717) is 11.5 Å². The van der Waals surface area contributed by atoms with E-state index < -0.39 is 0 Å². The Morgan fingerprint density at radius 2 is 1.48 bits per heavy atom. The largest absolute Gasteiger partial charge is 0.300 e. The van der Waals surface area contributed by atoms with Gasteiger partial charge < -0.3 is 0 Å². The molecule has 1 heterocycles. The smallest absolute Gasteiger partial charge is 0.0305 e. The Morgan fingerprint density at radius 1 is 0.957 bits per heavy atom. The third-order valence-electron chi connectivity index (χ3n) is 6.14. The zero-order valence-corrected chi connectivity index (χ0v) is 16.6. The van der Waals surface area contributed by atoms with Crippen LogP contribution in [-0.4, -0.2) is 24.5 Å². The first-order valence-corrected chi connectivity index (χ1v) is 10.4. The van der Waals surface area contributed by atoms with E-state index in [0.717, 1.165) is 5.92 Å². The molecule has 23 heavy (non-hydrogen) atoms. The molecule has 1 aliphatic heterocycles. The molecule has 0 amide bonds. The minimum absolute atomic E-state index is 0.477. The summed E-state index contributed by atoms with van der Waals surface area (Å²) in [7, 11) is 2.27. The second kappa shape index (κ2) is 11.3. The van der Waals surface area contributed by atoms with Crippen molar-refractivity contribution >= 4 is 0 Å². The molecule has 0 aromatic rings. The number of hydrogen-bond donors (Lipinski definition) is 0. The Balaban J connectivity index is 2.14. The van der Waals surface area contributed by atoms with Crippen LogP contribution in [-0.2, 0) is 0 Å². The van der Waals surface area contributed by atoms with Gasteiger partial charge in [0.15, 0.2) is 0 Å². The van der Waals surface area contributed by atoms with Crippen molar-refractivity contribution in [3.8, 4) is 0 Å². The maximum atomic E-state index is 4.11. The van der Waals surface area contributed by atoms with E-state index in [4.69, 9.17) is 0 Å². The molecule has 1 aliphatic rings. The fraction of sp³-hybridized carbons (Fsp3) is 0.909. The molecule has 1 heteroatoms. The van der Waals surface area contributed by atoms with Crippen molar-refractivity contribution in [2.75, 3.05) is 13.6 Å². The lowest BCUT2D eigenvalue weighted by Gasteiger charge is -2.48. The second-order valence-electron chi connectivity index (χ2n) is 8.52. The van der Waals surface area contributed by atoms with Gasteiger partial charge in [-0.15, -0.1) is 6.58 Å². The van der Waals surface area contributed by atoms with Crippen LogP contribution in [0.1, 0.15) is 97.8 Å². The van der Waals surface area contributed by atoms with Crippen LogP contribution >= 0.6 is 0 Å². The van der Waals surface area contributed by atoms with Gasteiger partial charge in [0.1, 0.15) is 0 Å². The highest BCUT2D eigenvalue weighted by Crippen LogP contribution is 2.42. The van der Waals surface area contributed by atoms with Crippen LogP contribution in [0.15, 0.2) is 12.7 Å². The summed E-state index contributed by atoms with van der Waals surface area (Å²) in [4.78, 5) is 2.51. The first kappa shape index (κ1) is 20.7. The zero-order chi connectivity index (χ0) is 17.1. The van der Waals surface area contributed by atoms with Gasteiger partial charge in [-0.05, 0) is 37.8 Å². The number of rotatable bonds is 12. The Labute approximate surface area is 146 Å². The Hall–Kier alpha value is -0.300. The van der Waals surface area contributed by atoms with Gasteiger partial charge in [-0.3, -0.25) is 4.90 Å². The summed E-state index contributed by atoms with van der Waals surface area (Å²) in [6, 6.07) is 0.581. The monoisotopic (exact) mass is 321 g/mol. The summed E-state index contributed by atoms with van der Waals surface area (Å²) in [6.07, 6.45) is 19.2. The molecular weight excluding hydrogens is 278 g/mol. The van der Waals surface area contributed by atoms with E-state index in [-0.39, 0.29) is 0 Å². The Bertz CT molecular complexity index is 307. The van der Waals surface area contributed by atoms with Crippen molar-refractivity contribution < 1.29 is 0 Å². The quantitative estimate of drug-likeness (QED) is 0.281. The number of likely N-dealkylation sites (N-methyl/N-ethyl adjacent to an activating group) is 1. The van der Waals surface area contributed by atoms with Crippen molar-refractivity contribution in [3.63, 3.8) is 0 Å². The van der Waals surface area contributed by atoms with Gasteiger partial charge in [0.05, 0.1) is 0 Å². The molecule has 1 nitrogen and oxygen atoms in total. The minimum atomic E-state index is 0.477. The van der Waals surface area contributed by atoms with E-state index >= 15 is 0 Å². The highest BCUT2D eigenvalue weighted by molar-refractivity contribution is 5.00. The fourth-order valence-corrected chi connectivity index (χ4v) is 4.33. The van der Waals surface area contributed by atoms with E-state index in [1.807, 2.05) is 0 Å². The van der Waals surface area contributed by atoms with Gasteiger partial charge in [-0.1, -0.05) is 91.1 Å². The maximum absolute atomic E-state index is 4.11. The molecule has 0 aromatic carbocycles. The predicted molar refractivity (Wildman–Crippen MR) is 105 cm³/mol. The number of nitrogens with zero attached hydrogens (tertiary/aromatic N) is 1. The fourth-order valence-electron chi connectivity index (χ4n) is 4.33. The molecule has 2 unspecified atom stereocenters. The van der Waals surface area contributed by atoms with E-state index in [9.17, 15) is 0 Å². The molecular formula is C22H43N. The van der Waals surface area contributed by atoms with Gasteiger partial charge >= 0.3 is 0 Å². The summed E-state index contributed by atoms with van der Waals surface area (Å²) in [5.74, 6) is 0.785. The van der Waals surface area contributed by atoms with Crippen LogP contribution in [0.3, 0.4) is 0 Å². The molecule has 1 saturated heterocycles. The molecule has 0 aliphatic carbocycles. The third kappa shape index (κ3) is 7.42. The lowest BCUT2D eigenvalue weighted by molar-refractivity contribution is 0.0326. The number of unbranched alkanes of at least 4 members (excludes halogenated alkanes) is 9. The first-order valence-electron chi connectivity index (χ1n) is 10.4. The zero-order valence-electron chi connectivity index (χ0n) is 16.6. The predicted octanol–water partition coefficient (Wildman–Crippen LogP) is 6.83. The standard InChI is InChI=1S/C22H43N/c1-6-8-9-10-11-12-13-14-15-16-17-20-21(7-2)23(5)19-18-22(20,3)4/h7,20-21H,2,6,8-19H2,1,3-5H3. The minimum Gasteiger partial charge on any atom is -0.300 e. The molecule has 0 radical (unpaired) electrons. The van der Waals surface area contributed by atoms with Gasteiger partial charge in [0.25, 0.3) is 0 Å². The van der Waals surface area contributed by atoms with Crippen molar-refractivity contribution in [3.05, 3.63) is 12.7 Å². The average molecular weight is 322 g/mol. The average Bonchev–Trinajstić information content (AvgIpc) is 2.52. The van der Waals surface area contributed by atoms with Crippen LogP contribution in [0.2, 0.25) is 0 Å². The maximum Gasteiger partial charge on any atom is 0.0305 e. The molecule has 1 rings (SSSR count). The summed E-state index contributed by atoms with van der Waals surface area (Å²) < 4.78 is 0. The van der Waals surface area contributed by atoms with Crippen molar-refractivity contribution in [1.82, 2.24) is 4.90 Å². The van der Waals surface area contributed by atoms with Gasteiger partial charge in [-0.2, -0.15) is 0 Å². The van der Waals surface area contributed by atoms with Crippen LogP contribution in [0.5, 0.6) is 0 Å². The topological polar surface area (TPSA) is 3.24 Å². The molecule has 1 fully saturated rings. The van der Waals surface area contributed by atoms with E-state index in [2.05, 4.69) is 45.4 Å². The Morgan fingerprint density at radius 3 is 2.00 bits per heavy atom. The van der Waals surface area contributed by atoms with Gasteiger partial charge in [0.2, 0.25) is 0 Å². The van der Waals surface area contributed by atoms with Gasteiger partial charge in [0, 0.05) is 6.04 Å². The molecule has 0 bridgehead atoms. The highest BCUT2D eigenvalue weighted by atomic mass is 15.1. The first-order chi connectivity index (χ1) is 11.0. The third-order valence-corrected chi connectivity index (χ3v) is 6.14. The van der Waals surface area contributed by atoms with Crippen LogP contribution in [0.4, 0.5) is 0 Å². The van der Waals surface area contributed by atoms with Gasteiger partial charge in [-0.25, -0.2) is 0 Å². The molecule has 0 aromatic heterocycles. The van der Waals surface area contributed by atoms with Crippen molar-refractivity contribution in [2.24, 2.45) is 11.3 Å². The molecule has 0 N–H and O–H groups in total.